The third-order valence-corrected chi connectivity index (χ3v) is 3.01. The molecule has 3 unspecified atom stereocenters. The lowest BCUT2D eigenvalue weighted by atomic mass is 9.78. The van der Waals surface area contributed by atoms with Crippen molar-refractivity contribution in [1.29, 1.82) is 0 Å². The number of nitrogens with two attached hydrogens (primary N) is 2. The van der Waals surface area contributed by atoms with Gasteiger partial charge in [-0.2, -0.15) is 0 Å². The minimum Gasteiger partial charge on any atom is -0.368 e. The van der Waals surface area contributed by atoms with Crippen LogP contribution in [0.3, 0.4) is 0 Å². The first-order chi connectivity index (χ1) is 7.00. The minimum absolute atomic E-state index is 0.0758. The van der Waals surface area contributed by atoms with Crippen molar-refractivity contribution in [1.82, 2.24) is 5.32 Å². The Labute approximate surface area is 89.6 Å². The molecule has 1 saturated carbocycles. The van der Waals surface area contributed by atoms with Crippen molar-refractivity contribution in [2.45, 2.75) is 32.2 Å². The van der Waals surface area contributed by atoms with Crippen molar-refractivity contribution in [2.75, 3.05) is 6.54 Å². The minimum atomic E-state index is -0.517. The summed E-state index contributed by atoms with van der Waals surface area (Å²) in [5, 5.41) is 2.53. The molecule has 1 aliphatic rings. The highest BCUT2D eigenvalue weighted by Crippen LogP contribution is 2.28. The van der Waals surface area contributed by atoms with Gasteiger partial charge in [0.15, 0.2) is 0 Å². The van der Waals surface area contributed by atoms with E-state index in [0.717, 1.165) is 12.8 Å². The van der Waals surface area contributed by atoms with E-state index in [9.17, 15) is 9.59 Å². The Morgan fingerprint density at radius 3 is 2.67 bits per heavy atom. The van der Waals surface area contributed by atoms with Crippen LogP contribution < -0.4 is 16.8 Å². The summed E-state index contributed by atoms with van der Waals surface area (Å²) in [6, 6.07) is 0.102. The molecule has 1 rings (SSSR count). The number of carbonyl (C=O) groups is 2. The monoisotopic (exact) mass is 213 g/mol. The van der Waals surface area contributed by atoms with E-state index in [1.165, 1.54) is 0 Å². The van der Waals surface area contributed by atoms with Crippen LogP contribution in [0.4, 0.5) is 0 Å². The fourth-order valence-electron chi connectivity index (χ4n) is 2.03. The van der Waals surface area contributed by atoms with E-state index in [4.69, 9.17) is 11.5 Å². The Bertz CT molecular complexity index is 255. The molecule has 1 aliphatic carbocycles. The molecule has 0 aromatic rings. The number of nitrogens with one attached hydrogen (secondary N) is 1. The lowest BCUT2D eigenvalue weighted by Crippen LogP contribution is -2.43. The Balaban J connectivity index is 2.45. The first-order valence-corrected chi connectivity index (χ1v) is 5.32. The van der Waals surface area contributed by atoms with Crippen LogP contribution in [0.15, 0.2) is 0 Å². The fourth-order valence-corrected chi connectivity index (χ4v) is 2.03. The zero-order valence-electron chi connectivity index (χ0n) is 9.03. The van der Waals surface area contributed by atoms with Gasteiger partial charge in [0.1, 0.15) is 0 Å². The Hall–Kier alpha value is -1.10. The maximum atomic E-state index is 11.7. The fraction of sp³-hybridized carbons (Fsp3) is 0.800. The van der Waals surface area contributed by atoms with Gasteiger partial charge in [-0.25, -0.2) is 0 Å². The molecule has 0 radical (unpaired) electrons. The third-order valence-electron chi connectivity index (χ3n) is 3.01. The summed E-state index contributed by atoms with van der Waals surface area (Å²) in [6.07, 6.45) is 2.64. The van der Waals surface area contributed by atoms with Crippen LogP contribution >= 0.6 is 0 Å². The second-order valence-electron chi connectivity index (χ2n) is 4.34. The smallest absolute Gasteiger partial charge is 0.236 e. The third kappa shape index (κ3) is 3.51. The molecule has 0 aliphatic heterocycles. The van der Waals surface area contributed by atoms with E-state index in [1.807, 2.05) is 6.92 Å². The molecular formula is C10H19N3O2. The molecule has 15 heavy (non-hydrogen) atoms. The largest absolute Gasteiger partial charge is 0.368 e. The number of amides is 2. The summed E-state index contributed by atoms with van der Waals surface area (Å²) in [4.78, 5) is 22.2. The second-order valence-corrected chi connectivity index (χ2v) is 4.34. The molecule has 1 fully saturated rings. The predicted octanol–water partition coefficient (Wildman–Crippen LogP) is -0.649. The van der Waals surface area contributed by atoms with E-state index >= 15 is 0 Å². The molecule has 5 nitrogen and oxygen atoms in total. The first kappa shape index (κ1) is 12.0. The Morgan fingerprint density at radius 1 is 1.40 bits per heavy atom. The van der Waals surface area contributed by atoms with Crippen LogP contribution in [0.1, 0.15) is 26.2 Å². The quantitative estimate of drug-likeness (QED) is 0.581. The van der Waals surface area contributed by atoms with E-state index in [1.54, 1.807) is 0 Å². The Morgan fingerprint density at radius 2 is 2.07 bits per heavy atom. The van der Waals surface area contributed by atoms with E-state index in [0.29, 0.717) is 12.3 Å². The van der Waals surface area contributed by atoms with Crippen LogP contribution in [0.2, 0.25) is 0 Å². The molecule has 5 heteroatoms. The highest BCUT2D eigenvalue weighted by molar-refractivity contribution is 5.85. The molecule has 0 aromatic heterocycles. The summed E-state index contributed by atoms with van der Waals surface area (Å²) < 4.78 is 0. The zero-order valence-corrected chi connectivity index (χ0v) is 9.03. The average Bonchev–Trinajstić information content (AvgIpc) is 2.18. The van der Waals surface area contributed by atoms with E-state index in [2.05, 4.69) is 5.32 Å². The van der Waals surface area contributed by atoms with Crippen LogP contribution in [0.25, 0.3) is 0 Å². The van der Waals surface area contributed by atoms with Crippen molar-refractivity contribution in [3.05, 3.63) is 0 Å². The highest BCUT2D eigenvalue weighted by Gasteiger charge is 2.31. The van der Waals surface area contributed by atoms with Gasteiger partial charge in [-0.3, -0.25) is 9.59 Å². The van der Waals surface area contributed by atoms with Crippen molar-refractivity contribution >= 4 is 11.8 Å². The summed E-state index contributed by atoms with van der Waals surface area (Å²) in [5.41, 5.74) is 10.8. The van der Waals surface area contributed by atoms with Gasteiger partial charge in [0.25, 0.3) is 0 Å². The number of hydrogen-bond donors (Lipinski definition) is 3. The van der Waals surface area contributed by atoms with Crippen molar-refractivity contribution in [2.24, 2.45) is 23.3 Å². The normalized spacial score (nSPS) is 30.9. The molecule has 2 amide bonds. The summed E-state index contributed by atoms with van der Waals surface area (Å²) >= 11 is 0. The van der Waals surface area contributed by atoms with Crippen LogP contribution in [-0.2, 0) is 9.59 Å². The van der Waals surface area contributed by atoms with Gasteiger partial charge >= 0.3 is 0 Å². The molecule has 86 valence electrons. The topological polar surface area (TPSA) is 98.2 Å². The second kappa shape index (κ2) is 5.11. The molecule has 0 bridgehead atoms. The molecule has 3 atom stereocenters. The molecule has 0 heterocycles. The molecule has 0 saturated heterocycles. The summed E-state index contributed by atoms with van der Waals surface area (Å²) in [7, 11) is 0. The standard InChI is InChI=1S/C10H19N3O2/c1-6-2-3-7(11)4-8(6)10(15)13-5-9(12)14/h6-8H,2-5,11H2,1H3,(H2,12,14)(H,13,15). The molecule has 0 spiro atoms. The predicted molar refractivity (Wildman–Crippen MR) is 56.7 cm³/mol. The molecular weight excluding hydrogens is 194 g/mol. The van der Waals surface area contributed by atoms with Crippen LogP contribution in [-0.4, -0.2) is 24.4 Å². The molecule has 5 N–H and O–H groups in total. The van der Waals surface area contributed by atoms with Crippen molar-refractivity contribution < 1.29 is 9.59 Å². The van der Waals surface area contributed by atoms with Gasteiger partial charge in [-0.15, -0.1) is 0 Å². The van der Waals surface area contributed by atoms with Gasteiger partial charge in [-0.1, -0.05) is 6.92 Å². The lowest BCUT2D eigenvalue weighted by Gasteiger charge is -2.31. The van der Waals surface area contributed by atoms with Gasteiger partial charge in [0.2, 0.25) is 11.8 Å². The lowest BCUT2D eigenvalue weighted by molar-refractivity contribution is -0.129. The SMILES string of the molecule is CC1CCC(N)CC1C(=O)NCC(N)=O. The number of primary amides is 1. The zero-order chi connectivity index (χ0) is 11.4. The first-order valence-electron chi connectivity index (χ1n) is 5.32. The van der Waals surface area contributed by atoms with Gasteiger partial charge in [0.05, 0.1) is 6.54 Å². The molecule has 0 aromatic carbocycles. The maximum absolute atomic E-state index is 11.7. The summed E-state index contributed by atoms with van der Waals surface area (Å²) in [5.74, 6) is -0.363. The van der Waals surface area contributed by atoms with E-state index < -0.39 is 5.91 Å². The van der Waals surface area contributed by atoms with Gasteiger partial charge < -0.3 is 16.8 Å². The average molecular weight is 213 g/mol. The summed E-state index contributed by atoms with van der Waals surface area (Å²) in [6.45, 7) is 1.96. The van der Waals surface area contributed by atoms with Crippen molar-refractivity contribution in [3.8, 4) is 0 Å². The maximum Gasteiger partial charge on any atom is 0.236 e. The van der Waals surface area contributed by atoms with Crippen molar-refractivity contribution in [3.63, 3.8) is 0 Å². The van der Waals surface area contributed by atoms with E-state index in [-0.39, 0.29) is 24.4 Å². The van der Waals surface area contributed by atoms with Crippen LogP contribution in [0, 0.1) is 11.8 Å². The van der Waals surface area contributed by atoms with Gasteiger partial charge in [-0.05, 0) is 25.2 Å². The number of hydrogen-bond acceptors (Lipinski definition) is 3. The Kier molecular flexibility index (Phi) is 4.08. The van der Waals surface area contributed by atoms with Crippen LogP contribution in [0.5, 0.6) is 0 Å². The highest BCUT2D eigenvalue weighted by atomic mass is 16.2. The van der Waals surface area contributed by atoms with Gasteiger partial charge in [0, 0.05) is 12.0 Å². The number of carbonyl (C=O) groups excluding carboxylic acids is 2. The number of rotatable bonds is 3.